The van der Waals surface area contributed by atoms with Gasteiger partial charge in [-0.1, -0.05) is 35.0 Å². The number of carbonyl (C=O) groups is 3. The molecule has 1 aliphatic rings. The smallest absolute Gasteiger partial charge is 0.328 e. The Morgan fingerprint density at radius 2 is 1.70 bits per heavy atom. The number of nitrogens with zero attached hydrogens (tertiary/aromatic N) is 2. The normalized spacial score (nSPS) is 14.6. The van der Waals surface area contributed by atoms with Crippen molar-refractivity contribution >= 4 is 29.5 Å². The molecule has 7 heteroatoms. The van der Waals surface area contributed by atoms with E-state index in [2.05, 4.69) is 4.98 Å². The van der Waals surface area contributed by atoms with E-state index >= 15 is 0 Å². The fraction of sp³-hybridized carbons (Fsp3) is 0.125. The molecule has 2 heterocycles. The SMILES string of the molecule is CC(Sc1ccccn1)C(=O)ON1C(=O)c2ccccc2C1=O. The van der Waals surface area contributed by atoms with Crippen molar-refractivity contribution in [3.05, 3.63) is 59.8 Å². The summed E-state index contributed by atoms with van der Waals surface area (Å²) in [6.07, 6.45) is 1.62. The van der Waals surface area contributed by atoms with Gasteiger partial charge in [-0.15, -0.1) is 0 Å². The van der Waals surface area contributed by atoms with E-state index in [1.807, 2.05) is 0 Å². The number of fused-ring (bicyclic) bond motifs is 1. The molecule has 116 valence electrons. The molecule has 6 nitrogen and oxygen atoms in total. The summed E-state index contributed by atoms with van der Waals surface area (Å²) in [4.78, 5) is 45.5. The van der Waals surface area contributed by atoms with Crippen LogP contribution in [-0.4, -0.2) is 33.1 Å². The molecule has 1 unspecified atom stereocenters. The van der Waals surface area contributed by atoms with E-state index < -0.39 is 23.0 Å². The van der Waals surface area contributed by atoms with Crippen LogP contribution in [-0.2, 0) is 9.63 Å². The van der Waals surface area contributed by atoms with E-state index in [0.717, 1.165) is 0 Å². The molecular formula is C16H12N2O4S. The molecule has 0 aliphatic carbocycles. The molecule has 1 aromatic heterocycles. The second-order valence-corrected chi connectivity index (χ2v) is 6.15. The van der Waals surface area contributed by atoms with Gasteiger partial charge in [0.25, 0.3) is 11.8 Å². The maximum atomic E-state index is 12.1. The number of amides is 2. The first-order valence-electron chi connectivity index (χ1n) is 6.85. The van der Waals surface area contributed by atoms with E-state index in [1.54, 1.807) is 43.5 Å². The highest BCUT2D eigenvalue weighted by atomic mass is 32.2. The number of hydrogen-bond donors (Lipinski definition) is 0. The van der Waals surface area contributed by atoms with Gasteiger partial charge in [0.05, 0.1) is 16.2 Å². The molecule has 0 radical (unpaired) electrons. The number of carbonyl (C=O) groups excluding carboxylic acids is 3. The highest BCUT2D eigenvalue weighted by molar-refractivity contribution is 8.00. The molecule has 2 aromatic rings. The molecule has 23 heavy (non-hydrogen) atoms. The van der Waals surface area contributed by atoms with Crippen LogP contribution in [0, 0.1) is 0 Å². The molecule has 0 bridgehead atoms. The first kappa shape index (κ1) is 15.2. The largest absolute Gasteiger partial charge is 0.346 e. The lowest BCUT2D eigenvalue weighted by molar-refractivity contribution is -0.167. The third-order valence-corrected chi connectivity index (χ3v) is 4.23. The van der Waals surface area contributed by atoms with Crippen LogP contribution in [0.3, 0.4) is 0 Å². The van der Waals surface area contributed by atoms with Crippen LogP contribution < -0.4 is 0 Å². The Morgan fingerprint density at radius 3 is 2.26 bits per heavy atom. The van der Waals surface area contributed by atoms with Gasteiger partial charge in [0.1, 0.15) is 5.25 Å². The highest BCUT2D eigenvalue weighted by Crippen LogP contribution is 2.25. The Balaban J connectivity index is 1.69. The topological polar surface area (TPSA) is 76.6 Å². The molecule has 0 saturated heterocycles. The zero-order valence-electron chi connectivity index (χ0n) is 12.1. The maximum Gasteiger partial charge on any atom is 0.346 e. The molecule has 1 aromatic carbocycles. The number of rotatable bonds is 4. The zero-order valence-corrected chi connectivity index (χ0v) is 12.9. The van der Waals surface area contributed by atoms with Crippen molar-refractivity contribution in [3.8, 4) is 0 Å². The summed E-state index contributed by atoms with van der Waals surface area (Å²) in [6.45, 7) is 1.62. The molecule has 1 atom stereocenters. The van der Waals surface area contributed by atoms with Gasteiger partial charge in [-0.05, 0) is 31.2 Å². The minimum absolute atomic E-state index is 0.232. The number of aromatic nitrogens is 1. The summed E-state index contributed by atoms with van der Waals surface area (Å²) in [5, 5.41) is 0.552. The predicted molar refractivity (Wildman–Crippen MR) is 82.6 cm³/mol. The fourth-order valence-electron chi connectivity index (χ4n) is 2.06. The lowest BCUT2D eigenvalue weighted by Gasteiger charge is -2.15. The Labute approximate surface area is 136 Å². The summed E-state index contributed by atoms with van der Waals surface area (Å²) < 4.78 is 0. The quantitative estimate of drug-likeness (QED) is 0.633. The standard InChI is InChI=1S/C16H12N2O4S/c1-10(23-13-8-4-5-9-17-13)16(21)22-18-14(19)11-6-2-3-7-12(11)15(18)20/h2-10H,1H3. The van der Waals surface area contributed by atoms with E-state index in [9.17, 15) is 14.4 Å². The first-order chi connectivity index (χ1) is 11.1. The third kappa shape index (κ3) is 2.95. The third-order valence-electron chi connectivity index (χ3n) is 3.21. The van der Waals surface area contributed by atoms with Crippen LogP contribution in [0.5, 0.6) is 0 Å². The Bertz CT molecular complexity index is 744. The van der Waals surface area contributed by atoms with E-state index in [0.29, 0.717) is 10.1 Å². The number of imide groups is 1. The molecule has 1 aliphatic heterocycles. The van der Waals surface area contributed by atoms with E-state index in [4.69, 9.17) is 4.84 Å². The van der Waals surface area contributed by atoms with Gasteiger partial charge in [-0.3, -0.25) is 9.59 Å². The minimum Gasteiger partial charge on any atom is -0.328 e. The van der Waals surface area contributed by atoms with Gasteiger partial charge < -0.3 is 4.84 Å². The van der Waals surface area contributed by atoms with Crippen molar-refractivity contribution in [3.63, 3.8) is 0 Å². The van der Waals surface area contributed by atoms with E-state index in [1.165, 1.54) is 23.9 Å². The van der Waals surface area contributed by atoms with Crippen LogP contribution in [0.25, 0.3) is 0 Å². The van der Waals surface area contributed by atoms with E-state index in [-0.39, 0.29) is 11.1 Å². The highest BCUT2D eigenvalue weighted by Gasteiger charge is 2.39. The van der Waals surface area contributed by atoms with Crippen LogP contribution in [0.2, 0.25) is 0 Å². The van der Waals surface area contributed by atoms with Crippen molar-refractivity contribution in [2.45, 2.75) is 17.2 Å². The summed E-state index contributed by atoms with van der Waals surface area (Å²) in [6, 6.07) is 11.7. The van der Waals surface area contributed by atoms with Gasteiger partial charge in [-0.25, -0.2) is 9.78 Å². The Hall–Kier alpha value is -2.67. The molecule has 0 fully saturated rings. The van der Waals surface area contributed by atoms with Crippen LogP contribution in [0.4, 0.5) is 0 Å². The van der Waals surface area contributed by atoms with Crippen molar-refractivity contribution in [1.29, 1.82) is 0 Å². The molecule has 0 N–H and O–H groups in total. The van der Waals surface area contributed by atoms with Crippen LogP contribution >= 0.6 is 11.8 Å². The average Bonchev–Trinajstić information content (AvgIpc) is 2.81. The summed E-state index contributed by atoms with van der Waals surface area (Å²) in [7, 11) is 0. The summed E-state index contributed by atoms with van der Waals surface area (Å²) >= 11 is 1.19. The van der Waals surface area contributed by atoms with Crippen molar-refractivity contribution in [2.75, 3.05) is 0 Å². The van der Waals surface area contributed by atoms with Gasteiger partial charge >= 0.3 is 5.97 Å². The Morgan fingerprint density at radius 1 is 1.09 bits per heavy atom. The van der Waals surface area contributed by atoms with Gasteiger partial charge in [-0.2, -0.15) is 0 Å². The molecule has 3 rings (SSSR count). The summed E-state index contributed by atoms with van der Waals surface area (Å²) in [5.41, 5.74) is 0.464. The Kier molecular flexibility index (Phi) is 4.12. The number of thioether (sulfide) groups is 1. The average molecular weight is 328 g/mol. The number of benzene rings is 1. The van der Waals surface area contributed by atoms with Gasteiger partial charge in [0.15, 0.2) is 0 Å². The van der Waals surface area contributed by atoms with Crippen molar-refractivity contribution in [2.24, 2.45) is 0 Å². The van der Waals surface area contributed by atoms with Gasteiger partial charge in [0.2, 0.25) is 0 Å². The first-order valence-corrected chi connectivity index (χ1v) is 7.73. The molecule has 2 amide bonds. The molecule has 0 spiro atoms. The monoisotopic (exact) mass is 328 g/mol. The second-order valence-electron chi connectivity index (χ2n) is 4.79. The minimum atomic E-state index is -0.685. The zero-order chi connectivity index (χ0) is 16.4. The maximum absolute atomic E-state index is 12.1. The molecular weight excluding hydrogens is 316 g/mol. The number of hydrogen-bond acceptors (Lipinski definition) is 6. The predicted octanol–water partition coefficient (Wildman–Crippen LogP) is 2.32. The lowest BCUT2D eigenvalue weighted by Crippen LogP contribution is -2.35. The molecule has 0 saturated carbocycles. The summed E-state index contributed by atoms with van der Waals surface area (Å²) in [5.74, 6) is -1.95. The van der Waals surface area contributed by atoms with Crippen LogP contribution in [0.15, 0.2) is 53.7 Å². The van der Waals surface area contributed by atoms with Gasteiger partial charge in [0, 0.05) is 6.20 Å². The second kappa shape index (κ2) is 6.21. The van der Waals surface area contributed by atoms with Crippen LogP contribution in [0.1, 0.15) is 27.6 Å². The number of hydroxylamine groups is 2. The lowest BCUT2D eigenvalue weighted by atomic mass is 10.1. The number of pyridine rings is 1. The van der Waals surface area contributed by atoms with Crippen molar-refractivity contribution < 1.29 is 19.2 Å². The van der Waals surface area contributed by atoms with Crippen molar-refractivity contribution in [1.82, 2.24) is 10.0 Å². The fourth-order valence-corrected chi connectivity index (χ4v) is 2.84.